The Kier molecular flexibility index (Phi) is 31.3. The second-order valence-electron chi connectivity index (χ2n) is 18.8. The molecule has 1 aliphatic rings. The van der Waals surface area contributed by atoms with Gasteiger partial charge in [0.15, 0.2) is 6.10 Å². The minimum absolute atomic E-state index is 0.0510. The van der Waals surface area contributed by atoms with Crippen molar-refractivity contribution in [2.45, 2.75) is 213 Å². The Labute approximate surface area is 389 Å². The third-order valence-electron chi connectivity index (χ3n) is 11.8. The molecule has 368 valence electrons. The van der Waals surface area contributed by atoms with Gasteiger partial charge in [-0.1, -0.05) is 127 Å². The number of ether oxygens (including phenoxy) is 3. The van der Waals surface area contributed by atoms with Gasteiger partial charge in [0.25, 0.3) is 7.82 Å². The van der Waals surface area contributed by atoms with E-state index in [-0.39, 0.29) is 38.3 Å². The van der Waals surface area contributed by atoms with Gasteiger partial charge in [0.1, 0.15) is 31.3 Å². The number of carbonyl (C=O) groups is 2. The monoisotopic (exact) mass is 920 g/mol. The Morgan fingerprint density at radius 3 is 1.84 bits per heavy atom. The van der Waals surface area contributed by atoms with E-state index in [1.807, 2.05) is 21.1 Å². The molecule has 0 radical (unpaired) electrons. The lowest BCUT2D eigenvalue weighted by Crippen LogP contribution is -2.37. The number of hydrogen-bond acceptors (Lipinski definition) is 10. The van der Waals surface area contributed by atoms with Crippen molar-refractivity contribution in [3.05, 3.63) is 59.1 Å². The van der Waals surface area contributed by atoms with Crippen LogP contribution in [0.3, 0.4) is 0 Å². The maximum atomic E-state index is 12.8. The second-order valence-corrected chi connectivity index (χ2v) is 20.2. The molecular formula is C52H90NO10P. The molecular weight excluding hydrogens is 830 g/mol. The number of aryl methyl sites for hydroxylation is 2. The van der Waals surface area contributed by atoms with Crippen LogP contribution in [0.2, 0.25) is 0 Å². The number of nitrogens with zero attached hydrogens (tertiary/aromatic N) is 1. The molecule has 0 spiro atoms. The Bertz CT molecular complexity index is 1530. The summed E-state index contributed by atoms with van der Waals surface area (Å²) in [5.41, 5.74) is 2.69. The van der Waals surface area contributed by atoms with Crippen LogP contribution < -0.4 is 4.89 Å². The summed E-state index contributed by atoms with van der Waals surface area (Å²) in [5.74, 6) is 1.45. The molecule has 1 aromatic heterocycles. The fraction of sp³-hybridized carbons (Fsp3) is 0.769. The summed E-state index contributed by atoms with van der Waals surface area (Å²) in [7, 11) is 1.10. The number of furan rings is 1. The lowest BCUT2D eigenvalue weighted by Gasteiger charge is -2.28. The minimum Gasteiger partial charge on any atom is -0.756 e. The van der Waals surface area contributed by atoms with Crippen molar-refractivity contribution in [1.29, 1.82) is 0 Å². The van der Waals surface area contributed by atoms with Gasteiger partial charge in [-0.2, -0.15) is 0 Å². The van der Waals surface area contributed by atoms with Crippen molar-refractivity contribution >= 4 is 19.8 Å². The Morgan fingerprint density at radius 1 is 0.672 bits per heavy atom. The molecule has 2 heterocycles. The highest BCUT2D eigenvalue weighted by Crippen LogP contribution is 2.38. The van der Waals surface area contributed by atoms with Crippen LogP contribution in [0.4, 0.5) is 0 Å². The normalized spacial score (nSPS) is 16.9. The Hall–Kier alpha value is -2.53. The highest BCUT2D eigenvalue weighted by atomic mass is 31.2. The van der Waals surface area contributed by atoms with Gasteiger partial charge in [-0.25, -0.2) is 0 Å². The van der Waals surface area contributed by atoms with E-state index >= 15 is 0 Å². The molecule has 4 atom stereocenters. The van der Waals surface area contributed by atoms with Gasteiger partial charge < -0.3 is 37.1 Å². The lowest BCUT2D eigenvalue weighted by atomic mass is 10.0. The first-order chi connectivity index (χ1) is 30.7. The van der Waals surface area contributed by atoms with Crippen molar-refractivity contribution in [3.63, 3.8) is 0 Å². The molecule has 1 fully saturated rings. The molecule has 2 rings (SSSR count). The van der Waals surface area contributed by atoms with Crippen LogP contribution in [0.15, 0.2) is 40.9 Å². The molecule has 11 nitrogen and oxygen atoms in total. The molecule has 1 aliphatic heterocycles. The van der Waals surface area contributed by atoms with E-state index in [1.54, 1.807) is 0 Å². The molecule has 3 unspecified atom stereocenters. The quantitative estimate of drug-likeness (QED) is 0.0156. The van der Waals surface area contributed by atoms with Gasteiger partial charge in [-0.3, -0.25) is 14.2 Å². The number of phosphoric ester groups is 1. The fourth-order valence-corrected chi connectivity index (χ4v) is 8.18. The van der Waals surface area contributed by atoms with E-state index in [0.29, 0.717) is 23.9 Å². The highest BCUT2D eigenvalue weighted by Gasteiger charge is 2.36. The van der Waals surface area contributed by atoms with Crippen molar-refractivity contribution in [2.75, 3.05) is 47.5 Å². The molecule has 64 heavy (non-hydrogen) atoms. The van der Waals surface area contributed by atoms with Crippen molar-refractivity contribution in [2.24, 2.45) is 0 Å². The predicted molar refractivity (Wildman–Crippen MR) is 257 cm³/mol. The second kappa shape index (κ2) is 34.7. The average Bonchev–Trinajstić information content (AvgIpc) is 3.94. The zero-order valence-corrected chi connectivity index (χ0v) is 42.3. The number of phosphoric acid groups is 1. The number of rotatable bonds is 41. The Balaban J connectivity index is 1.62. The maximum absolute atomic E-state index is 12.8. The van der Waals surface area contributed by atoms with Crippen LogP contribution in [0.1, 0.15) is 191 Å². The van der Waals surface area contributed by atoms with Crippen LogP contribution in [0, 0.1) is 13.8 Å². The van der Waals surface area contributed by atoms with Crippen LogP contribution in [-0.4, -0.2) is 82.2 Å². The summed E-state index contributed by atoms with van der Waals surface area (Å²) in [5, 5.41) is 0. The zero-order valence-electron chi connectivity index (χ0n) is 41.4. The molecule has 12 heteroatoms. The van der Waals surface area contributed by atoms with E-state index in [1.165, 1.54) is 99.7 Å². The molecule has 0 aromatic carbocycles. The van der Waals surface area contributed by atoms with E-state index in [2.05, 4.69) is 64.2 Å². The summed E-state index contributed by atoms with van der Waals surface area (Å²) in [6, 6.07) is 0. The highest BCUT2D eigenvalue weighted by molar-refractivity contribution is 7.45. The number of quaternary nitrogens is 1. The van der Waals surface area contributed by atoms with E-state index in [4.69, 9.17) is 27.7 Å². The molecule has 1 saturated heterocycles. The fourth-order valence-electron chi connectivity index (χ4n) is 7.45. The first-order valence-corrected chi connectivity index (χ1v) is 26.6. The third kappa shape index (κ3) is 29.9. The maximum Gasteiger partial charge on any atom is 0.306 e. The summed E-state index contributed by atoms with van der Waals surface area (Å²) >= 11 is 0. The summed E-state index contributed by atoms with van der Waals surface area (Å²) in [6.07, 6.45) is 38.6. The molecule has 0 bridgehead atoms. The van der Waals surface area contributed by atoms with Gasteiger partial charge >= 0.3 is 11.9 Å². The summed E-state index contributed by atoms with van der Waals surface area (Å²) in [4.78, 5) is 37.9. The van der Waals surface area contributed by atoms with Gasteiger partial charge in [0, 0.05) is 25.7 Å². The number of carbonyl (C=O) groups excluding carboxylic acids is 2. The number of likely N-dealkylation sites (N-methyl/N-ethyl adjacent to an activating group) is 1. The smallest absolute Gasteiger partial charge is 0.306 e. The summed E-state index contributed by atoms with van der Waals surface area (Å²) < 4.78 is 46.1. The molecule has 0 N–H and O–H groups in total. The van der Waals surface area contributed by atoms with Crippen molar-refractivity contribution < 1.29 is 51.2 Å². The molecule has 0 aliphatic carbocycles. The lowest BCUT2D eigenvalue weighted by molar-refractivity contribution is -0.870. The largest absolute Gasteiger partial charge is 0.756 e. The third-order valence-corrected chi connectivity index (χ3v) is 12.8. The van der Waals surface area contributed by atoms with E-state index < -0.39 is 32.5 Å². The molecule has 0 saturated carbocycles. The predicted octanol–water partition coefficient (Wildman–Crippen LogP) is 12.5. The van der Waals surface area contributed by atoms with Crippen molar-refractivity contribution in [3.8, 4) is 0 Å². The first-order valence-electron chi connectivity index (χ1n) is 25.2. The van der Waals surface area contributed by atoms with Gasteiger partial charge in [-0.15, -0.1) is 0 Å². The van der Waals surface area contributed by atoms with Crippen LogP contribution >= 0.6 is 7.82 Å². The van der Waals surface area contributed by atoms with Gasteiger partial charge in [0.2, 0.25) is 0 Å². The van der Waals surface area contributed by atoms with E-state index in [9.17, 15) is 19.0 Å². The van der Waals surface area contributed by atoms with Crippen LogP contribution in [0.25, 0.3) is 0 Å². The standard InChI is InChI=1S/C52H90NO10P/c1-8-10-12-13-14-15-16-17-21-24-27-31-36-49-50(63-49)37-33-39-52(55)61-46(43-60-64(56,57)59-41-40-53(5,6)7)42-58-51(54)38-32-28-25-22-19-18-20-23-26-30-35-48-45(4)44(3)47(62-48)34-29-11-9-2/h14-15,17,21,27,31,46,49-50H,8-13,16,18-20,22-26,28-30,32-43H2,1-7H3/b15-14-,21-17-,31-27-/t46-,49?,50?/m1/s1. The SMILES string of the molecule is CCCCC/C=C\C/C=C\C/C=C\CC1OC1CCCC(=O)O[C@H](COC(=O)CCCCCCCCCCCCc1oc(CCCCC)c(C)c1C)COP(=O)([O-])OCC[N+](C)(C)C. The molecule has 1 aromatic rings. The molecule has 0 amide bonds. The number of epoxide rings is 1. The zero-order chi connectivity index (χ0) is 46.9. The first kappa shape index (κ1) is 57.6. The number of allylic oxidation sites excluding steroid dienone is 5. The van der Waals surface area contributed by atoms with Crippen LogP contribution in [-0.2, 0) is 50.3 Å². The van der Waals surface area contributed by atoms with Crippen molar-refractivity contribution in [1.82, 2.24) is 0 Å². The summed E-state index contributed by atoms with van der Waals surface area (Å²) in [6.45, 7) is 8.46. The van der Waals surface area contributed by atoms with Gasteiger partial charge in [0.05, 0.1) is 40.0 Å². The number of hydrogen-bond donors (Lipinski definition) is 0. The number of esters is 2. The minimum atomic E-state index is -4.66. The Morgan fingerprint density at radius 2 is 1.22 bits per heavy atom. The van der Waals surface area contributed by atoms with E-state index in [0.717, 1.165) is 64.2 Å². The van der Waals surface area contributed by atoms with Gasteiger partial charge in [-0.05, 0) is 89.2 Å². The van der Waals surface area contributed by atoms with Crippen LogP contribution in [0.5, 0.6) is 0 Å². The average molecular weight is 920 g/mol. The topological polar surface area (TPSA) is 137 Å². The number of unbranched alkanes of at least 4 members (excludes halogenated alkanes) is 14.